The number of esters is 1. The highest BCUT2D eigenvalue weighted by atomic mass is 19.3. The minimum Gasteiger partial charge on any atom is -0.469 e. The van der Waals surface area contributed by atoms with E-state index in [2.05, 4.69) is 9.47 Å². The number of carbonyl (C=O) groups excluding carboxylic acids is 1. The maximum Gasteiger partial charge on any atom is 0.387 e. The fourth-order valence-corrected chi connectivity index (χ4v) is 1.69. The van der Waals surface area contributed by atoms with E-state index < -0.39 is 24.0 Å². The molecule has 0 aliphatic carbocycles. The first-order valence-electron chi connectivity index (χ1n) is 5.67. The van der Waals surface area contributed by atoms with Gasteiger partial charge < -0.3 is 15.2 Å². The van der Waals surface area contributed by atoms with E-state index in [1.54, 1.807) is 26.0 Å². The summed E-state index contributed by atoms with van der Waals surface area (Å²) >= 11 is 0. The Kier molecular flexibility index (Phi) is 4.83. The molecule has 0 aliphatic heterocycles. The molecule has 0 radical (unpaired) electrons. The number of methoxy groups -OCH3 is 1. The first kappa shape index (κ1) is 15.4. The normalized spacial score (nSPS) is 13.2. The lowest BCUT2D eigenvalue weighted by Crippen LogP contribution is -2.37. The van der Waals surface area contributed by atoms with Gasteiger partial charge in [0.1, 0.15) is 5.75 Å². The number of rotatable bonds is 5. The highest BCUT2D eigenvalue weighted by Crippen LogP contribution is 2.33. The Morgan fingerprint density at radius 3 is 2.53 bits per heavy atom. The van der Waals surface area contributed by atoms with E-state index in [0.717, 1.165) is 0 Å². The Hall–Kier alpha value is -1.69. The third-order valence-corrected chi connectivity index (χ3v) is 2.93. The van der Waals surface area contributed by atoms with Gasteiger partial charge in [-0.3, -0.25) is 4.79 Å². The van der Waals surface area contributed by atoms with Crippen LogP contribution in [0.3, 0.4) is 0 Å². The van der Waals surface area contributed by atoms with Crippen LogP contribution in [0.15, 0.2) is 24.3 Å². The van der Waals surface area contributed by atoms with E-state index in [0.29, 0.717) is 5.56 Å². The third-order valence-electron chi connectivity index (χ3n) is 2.93. The highest BCUT2D eigenvalue weighted by Gasteiger charge is 2.36. The van der Waals surface area contributed by atoms with Crippen LogP contribution in [0.4, 0.5) is 8.78 Å². The second-order valence-electron chi connectivity index (χ2n) is 4.64. The fraction of sp³-hybridized carbons (Fsp3) is 0.462. The van der Waals surface area contributed by atoms with Crippen LogP contribution in [-0.2, 0) is 9.53 Å². The van der Waals surface area contributed by atoms with Crippen molar-refractivity contribution < 1.29 is 23.0 Å². The predicted octanol–water partition coefficient (Wildman–Crippen LogP) is 2.49. The molecule has 0 aliphatic rings. The molecule has 0 heterocycles. The molecule has 19 heavy (non-hydrogen) atoms. The molecule has 1 aromatic rings. The number of hydrogen-bond acceptors (Lipinski definition) is 4. The van der Waals surface area contributed by atoms with Gasteiger partial charge in [0.05, 0.1) is 12.5 Å². The molecule has 0 unspecified atom stereocenters. The topological polar surface area (TPSA) is 61.5 Å². The molecule has 0 fully saturated rings. The first-order chi connectivity index (χ1) is 8.78. The number of carbonyl (C=O) groups is 1. The van der Waals surface area contributed by atoms with Gasteiger partial charge in [0.25, 0.3) is 0 Å². The van der Waals surface area contributed by atoms with Crippen molar-refractivity contribution in [2.75, 3.05) is 7.11 Å². The van der Waals surface area contributed by atoms with E-state index in [9.17, 15) is 13.6 Å². The van der Waals surface area contributed by atoms with E-state index in [-0.39, 0.29) is 5.75 Å². The lowest BCUT2D eigenvalue weighted by Gasteiger charge is -2.29. The van der Waals surface area contributed by atoms with Crippen molar-refractivity contribution in [1.29, 1.82) is 0 Å². The summed E-state index contributed by atoms with van der Waals surface area (Å²) < 4.78 is 33.3. The van der Waals surface area contributed by atoms with Crippen LogP contribution in [0.2, 0.25) is 0 Å². The van der Waals surface area contributed by atoms with Gasteiger partial charge in [-0.05, 0) is 31.5 Å². The molecule has 0 amide bonds. The molecule has 1 aromatic carbocycles. The fourth-order valence-electron chi connectivity index (χ4n) is 1.69. The van der Waals surface area contributed by atoms with Gasteiger partial charge in [-0.15, -0.1) is 0 Å². The summed E-state index contributed by atoms with van der Waals surface area (Å²) in [6.07, 6.45) is 0. The zero-order valence-corrected chi connectivity index (χ0v) is 11.0. The number of alkyl halides is 2. The standard InChI is InChI=1S/C13H17F2NO3/c1-13(2,11(17)18-3)10(16)8-5-4-6-9(7-8)19-12(14)15/h4-7,10,12H,16H2,1-3H3/t10-/m0/s1. The molecule has 4 nitrogen and oxygen atoms in total. The average Bonchev–Trinajstić information content (AvgIpc) is 2.36. The molecule has 1 atom stereocenters. The molecular formula is C13H17F2NO3. The van der Waals surface area contributed by atoms with Gasteiger partial charge in [-0.1, -0.05) is 12.1 Å². The largest absolute Gasteiger partial charge is 0.469 e. The molecule has 0 saturated carbocycles. The van der Waals surface area contributed by atoms with Gasteiger partial charge in [-0.25, -0.2) is 0 Å². The predicted molar refractivity (Wildman–Crippen MR) is 65.8 cm³/mol. The second kappa shape index (κ2) is 5.97. The number of benzene rings is 1. The molecule has 0 aromatic heterocycles. The van der Waals surface area contributed by atoms with E-state index in [4.69, 9.17) is 5.73 Å². The molecular weight excluding hydrogens is 256 g/mol. The highest BCUT2D eigenvalue weighted by molar-refractivity contribution is 5.77. The van der Waals surface area contributed by atoms with Crippen LogP contribution in [0, 0.1) is 5.41 Å². The number of ether oxygens (including phenoxy) is 2. The van der Waals surface area contributed by atoms with Crippen molar-refractivity contribution in [3.63, 3.8) is 0 Å². The van der Waals surface area contributed by atoms with E-state index in [1.807, 2.05) is 0 Å². The van der Waals surface area contributed by atoms with Crippen molar-refractivity contribution >= 4 is 5.97 Å². The van der Waals surface area contributed by atoms with E-state index in [1.165, 1.54) is 19.2 Å². The van der Waals surface area contributed by atoms with Crippen molar-refractivity contribution in [2.24, 2.45) is 11.1 Å². The Bertz CT molecular complexity index is 449. The van der Waals surface area contributed by atoms with Crippen molar-refractivity contribution in [2.45, 2.75) is 26.5 Å². The molecule has 0 bridgehead atoms. The molecule has 0 saturated heterocycles. The van der Waals surface area contributed by atoms with Crippen molar-refractivity contribution in [3.8, 4) is 5.75 Å². The summed E-state index contributed by atoms with van der Waals surface area (Å²) in [6.45, 7) is 0.356. The number of halogens is 2. The molecule has 106 valence electrons. The minimum absolute atomic E-state index is 0.00335. The Morgan fingerprint density at radius 2 is 2.00 bits per heavy atom. The van der Waals surface area contributed by atoms with Crippen LogP contribution >= 0.6 is 0 Å². The summed E-state index contributed by atoms with van der Waals surface area (Å²) in [6, 6.07) is 5.28. The summed E-state index contributed by atoms with van der Waals surface area (Å²) in [5, 5.41) is 0. The Balaban J connectivity index is 2.99. The maximum atomic E-state index is 12.1. The van der Waals surface area contributed by atoms with Crippen molar-refractivity contribution in [1.82, 2.24) is 0 Å². The first-order valence-corrected chi connectivity index (χ1v) is 5.67. The molecule has 6 heteroatoms. The molecule has 1 rings (SSSR count). The summed E-state index contributed by atoms with van der Waals surface area (Å²) in [4.78, 5) is 11.7. The quantitative estimate of drug-likeness (QED) is 0.837. The monoisotopic (exact) mass is 273 g/mol. The van der Waals surface area contributed by atoms with Gasteiger partial charge in [-0.2, -0.15) is 8.78 Å². The van der Waals surface area contributed by atoms with Crippen LogP contribution < -0.4 is 10.5 Å². The summed E-state index contributed by atoms with van der Waals surface area (Å²) in [7, 11) is 1.27. The van der Waals surface area contributed by atoms with Crippen molar-refractivity contribution in [3.05, 3.63) is 29.8 Å². The van der Waals surface area contributed by atoms with Gasteiger partial charge in [0.2, 0.25) is 0 Å². The Morgan fingerprint density at radius 1 is 1.37 bits per heavy atom. The Labute approximate surface area is 110 Å². The van der Waals surface area contributed by atoms with Crippen LogP contribution in [0.25, 0.3) is 0 Å². The van der Waals surface area contributed by atoms with Gasteiger partial charge >= 0.3 is 12.6 Å². The molecule has 0 spiro atoms. The van der Waals surface area contributed by atoms with Gasteiger partial charge in [0.15, 0.2) is 0 Å². The van der Waals surface area contributed by atoms with Crippen LogP contribution in [0.1, 0.15) is 25.5 Å². The van der Waals surface area contributed by atoms with Crippen LogP contribution in [-0.4, -0.2) is 19.7 Å². The third kappa shape index (κ3) is 3.64. The minimum atomic E-state index is -2.90. The SMILES string of the molecule is COC(=O)C(C)(C)[C@@H](N)c1cccc(OC(F)F)c1. The summed E-state index contributed by atoms with van der Waals surface area (Å²) in [5.41, 5.74) is 5.55. The van der Waals surface area contributed by atoms with E-state index >= 15 is 0 Å². The summed E-state index contributed by atoms with van der Waals surface area (Å²) in [5.74, 6) is -0.469. The zero-order valence-electron chi connectivity index (χ0n) is 11.0. The van der Waals surface area contributed by atoms with Gasteiger partial charge in [0, 0.05) is 6.04 Å². The average molecular weight is 273 g/mol. The zero-order chi connectivity index (χ0) is 14.6. The lowest BCUT2D eigenvalue weighted by molar-refractivity contribution is -0.152. The second-order valence-corrected chi connectivity index (χ2v) is 4.64. The maximum absolute atomic E-state index is 12.1. The lowest BCUT2D eigenvalue weighted by atomic mass is 9.81. The molecule has 2 N–H and O–H groups in total. The number of hydrogen-bond donors (Lipinski definition) is 1. The smallest absolute Gasteiger partial charge is 0.387 e. The van der Waals surface area contributed by atoms with Crippen LogP contribution in [0.5, 0.6) is 5.75 Å². The number of nitrogens with two attached hydrogens (primary N) is 1.